The third-order valence-corrected chi connectivity index (χ3v) is 3.03. The predicted octanol–water partition coefficient (Wildman–Crippen LogP) is 1.08. The maximum Gasteiger partial charge on any atom is 0.295 e. The van der Waals surface area contributed by atoms with Gasteiger partial charge >= 0.3 is 0 Å². The number of carbonyl (C=O) groups is 1. The minimum atomic E-state index is -0.198. The zero-order valence-electron chi connectivity index (χ0n) is 10.6. The van der Waals surface area contributed by atoms with Gasteiger partial charge in [0.2, 0.25) is 6.41 Å². The first-order valence-corrected chi connectivity index (χ1v) is 5.60. The summed E-state index contributed by atoms with van der Waals surface area (Å²) in [6.07, 6.45) is 0.638. The predicted molar refractivity (Wildman–Crippen MR) is 70.2 cm³/mol. The Labute approximate surface area is 105 Å². The molecule has 1 aromatic heterocycles. The Morgan fingerprint density at radius 3 is 2.39 bits per heavy atom. The zero-order chi connectivity index (χ0) is 13.3. The molecule has 0 saturated carbocycles. The van der Waals surface area contributed by atoms with Gasteiger partial charge in [-0.15, -0.1) is 0 Å². The minimum absolute atomic E-state index is 0.198. The number of hydrogen-bond acceptors (Lipinski definition) is 2. The van der Waals surface area contributed by atoms with Crippen LogP contribution in [-0.2, 0) is 11.8 Å². The number of benzene rings is 1. The van der Waals surface area contributed by atoms with Crippen molar-refractivity contribution in [2.45, 2.75) is 6.92 Å². The summed E-state index contributed by atoms with van der Waals surface area (Å²) in [4.78, 5) is 24.5. The van der Waals surface area contributed by atoms with Crippen molar-refractivity contribution >= 4 is 12.1 Å². The maximum atomic E-state index is 12.4. The molecule has 0 N–H and O–H groups in total. The Bertz CT molecular complexity index is 626. The molecule has 94 valence electrons. The molecule has 0 saturated heterocycles. The van der Waals surface area contributed by atoms with Gasteiger partial charge in [0, 0.05) is 14.1 Å². The van der Waals surface area contributed by atoms with E-state index < -0.39 is 0 Å². The molecule has 0 bridgehead atoms. The third kappa shape index (κ3) is 1.73. The molecule has 0 unspecified atom stereocenters. The fourth-order valence-corrected chi connectivity index (χ4v) is 2.01. The van der Waals surface area contributed by atoms with E-state index in [1.54, 1.807) is 23.5 Å². The SMILES string of the molecule is Cc1c(N(C)C=O)c(=O)n(-c2ccccc2)n1C. The number of anilines is 1. The van der Waals surface area contributed by atoms with Crippen LogP contribution in [0.3, 0.4) is 0 Å². The van der Waals surface area contributed by atoms with Crippen molar-refractivity contribution in [2.24, 2.45) is 7.05 Å². The Kier molecular flexibility index (Phi) is 3.06. The topological polar surface area (TPSA) is 47.2 Å². The number of rotatable bonds is 3. The molecule has 0 fully saturated rings. The highest BCUT2D eigenvalue weighted by atomic mass is 16.2. The number of amides is 1. The monoisotopic (exact) mass is 245 g/mol. The molecule has 0 aliphatic rings. The number of nitrogens with zero attached hydrogens (tertiary/aromatic N) is 3. The van der Waals surface area contributed by atoms with Crippen LogP contribution in [0.4, 0.5) is 5.69 Å². The lowest BCUT2D eigenvalue weighted by Crippen LogP contribution is -2.25. The van der Waals surface area contributed by atoms with Crippen molar-refractivity contribution in [2.75, 3.05) is 11.9 Å². The first-order valence-electron chi connectivity index (χ1n) is 5.60. The van der Waals surface area contributed by atoms with Gasteiger partial charge in [-0.1, -0.05) is 18.2 Å². The van der Waals surface area contributed by atoms with E-state index in [0.29, 0.717) is 12.1 Å². The quantitative estimate of drug-likeness (QED) is 0.760. The van der Waals surface area contributed by atoms with Crippen LogP contribution in [0, 0.1) is 6.92 Å². The van der Waals surface area contributed by atoms with E-state index in [-0.39, 0.29) is 5.56 Å². The van der Waals surface area contributed by atoms with Crippen LogP contribution >= 0.6 is 0 Å². The molecular weight excluding hydrogens is 230 g/mol. The number of hydrogen-bond donors (Lipinski definition) is 0. The maximum absolute atomic E-state index is 12.4. The van der Waals surface area contributed by atoms with Gasteiger partial charge in [-0.05, 0) is 19.1 Å². The van der Waals surface area contributed by atoms with Crippen molar-refractivity contribution in [1.82, 2.24) is 9.36 Å². The largest absolute Gasteiger partial charge is 0.312 e. The van der Waals surface area contributed by atoms with Crippen molar-refractivity contribution in [1.29, 1.82) is 0 Å². The first kappa shape index (κ1) is 12.2. The van der Waals surface area contributed by atoms with E-state index in [9.17, 15) is 9.59 Å². The lowest BCUT2D eigenvalue weighted by molar-refractivity contribution is -0.107. The molecule has 18 heavy (non-hydrogen) atoms. The van der Waals surface area contributed by atoms with Crippen LogP contribution in [0.5, 0.6) is 0 Å². The molecule has 5 nitrogen and oxygen atoms in total. The number of aromatic nitrogens is 2. The van der Waals surface area contributed by atoms with Gasteiger partial charge in [-0.2, -0.15) is 0 Å². The normalized spacial score (nSPS) is 10.4. The van der Waals surface area contributed by atoms with Gasteiger partial charge in [-0.25, -0.2) is 4.68 Å². The van der Waals surface area contributed by atoms with Crippen LogP contribution in [0.25, 0.3) is 5.69 Å². The molecule has 0 aliphatic heterocycles. The Morgan fingerprint density at radius 2 is 1.83 bits per heavy atom. The number of carbonyl (C=O) groups excluding carboxylic acids is 1. The second kappa shape index (κ2) is 4.52. The van der Waals surface area contributed by atoms with Crippen LogP contribution in [-0.4, -0.2) is 22.8 Å². The molecule has 1 aromatic carbocycles. The van der Waals surface area contributed by atoms with E-state index in [1.165, 1.54) is 4.90 Å². The standard InChI is InChI=1S/C13H15N3O2/c1-10-12(14(2)9-17)13(18)16(15(10)3)11-7-5-4-6-8-11/h4-9H,1-3H3. The molecule has 5 heteroatoms. The lowest BCUT2D eigenvalue weighted by Gasteiger charge is -2.08. The Morgan fingerprint density at radius 1 is 1.22 bits per heavy atom. The van der Waals surface area contributed by atoms with E-state index in [1.807, 2.05) is 37.3 Å². The van der Waals surface area contributed by atoms with Crippen LogP contribution in [0.1, 0.15) is 5.69 Å². The minimum Gasteiger partial charge on any atom is -0.312 e. The highest BCUT2D eigenvalue weighted by molar-refractivity contribution is 5.75. The molecule has 2 aromatic rings. The highest BCUT2D eigenvalue weighted by Crippen LogP contribution is 2.15. The summed E-state index contributed by atoms with van der Waals surface area (Å²) in [5.41, 5.74) is 1.73. The average Bonchev–Trinajstić information content (AvgIpc) is 2.61. The second-order valence-corrected chi connectivity index (χ2v) is 4.13. The van der Waals surface area contributed by atoms with E-state index in [4.69, 9.17) is 0 Å². The Balaban J connectivity index is 2.72. The summed E-state index contributed by atoms with van der Waals surface area (Å²) < 4.78 is 3.29. The highest BCUT2D eigenvalue weighted by Gasteiger charge is 2.18. The summed E-state index contributed by atoms with van der Waals surface area (Å²) in [5, 5.41) is 0. The molecule has 0 aliphatic carbocycles. The van der Waals surface area contributed by atoms with Gasteiger partial charge in [0.15, 0.2) is 0 Å². The van der Waals surface area contributed by atoms with E-state index >= 15 is 0 Å². The van der Waals surface area contributed by atoms with Crippen molar-refractivity contribution in [3.8, 4) is 5.69 Å². The van der Waals surface area contributed by atoms with Crippen molar-refractivity contribution < 1.29 is 4.79 Å². The smallest absolute Gasteiger partial charge is 0.295 e. The Hall–Kier alpha value is -2.30. The van der Waals surface area contributed by atoms with Gasteiger partial charge in [0.05, 0.1) is 11.4 Å². The first-order chi connectivity index (χ1) is 8.57. The van der Waals surface area contributed by atoms with Gasteiger partial charge in [0.25, 0.3) is 5.56 Å². The van der Waals surface area contributed by atoms with Gasteiger partial charge < -0.3 is 4.90 Å². The summed E-state index contributed by atoms with van der Waals surface area (Å²) >= 11 is 0. The summed E-state index contributed by atoms with van der Waals surface area (Å²) in [7, 11) is 3.37. The van der Waals surface area contributed by atoms with Crippen molar-refractivity contribution in [3.63, 3.8) is 0 Å². The van der Waals surface area contributed by atoms with Crippen LogP contribution < -0.4 is 10.5 Å². The molecule has 0 spiro atoms. The van der Waals surface area contributed by atoms with Crippen LogP contribution in [0.15, 0.2) is 35.1 Å². The van der Waals surface area contributed by atoms with Gasteiger partial charge in [0.1, 0.15) is 5.69 Å². The molecule has 1 amide bonds. The summed E-state index contributed by atoms with van der Waals surface area (Å²) in [6, 6.07) is 9.33. The van der Waals surface area contributed by atoms with E-state index in [0.717, 1.165) is 11.4 Å². The second-order valence-electron chi connectivity index (χ2n) is 4.13. The fourth-order valence-electron chi connectivity index (χ4n) is 2.01. The molecular formula is C13H15N3O2. The van der Waals surface area contributed by atoms with Crippen molar-refractivity contribution in [3.05, 3.63) is 46.4 Å². The molecule has 1 heterocycles. The molecule has 2 rings (SSSR count). The van der Waals surface area contributed by atoms with E-state index in [2.05, 4.69) is 0 Å². The number of para-hydroxylation sites is 1. The summed E-state index contributed by atoms with van der Waals surface area (Å²) in [5.74, 6) is 0. The zero-order valence-corrected chi connectivity index (χ0v) is 10.6. The fraction of sp³-hybridized carbons (Fsp3) is 0.231. The average molecular weight is 245 g/mol. The van der Waals surface area contributed by atoms with Gasteiger partial charge in [-0.3, -0.25) is 14.3 Å². The molecule has 0 radical (unpaired) electrons. The summed E-state index contributed by atoms with van der Waals surface area (Å²) in [6.45, 7) is 1.82. The molecule has 0 atom stereocenters. The third-order valence-electron chi connectivity index (χ3n) is 3.03. The van der Waals surface area contributed by atoms with Crippen LogP contribution in [0.2, 0.25) is 0 Å². The lowest BCUT2D eigenvalue weighted by atomic mass is 10.3.